The lowest BCUT2D eigenvalue weighted by atomic mass is 10.1. The number of nitrogens with zero attached hydrogens (tertiary/aromatic N) is 1. The molecule has 0 N–H and O–H groups in total. The van der Waals surface area contributed by atoms with Crippen molar-refractivity contribution >= 4 is 11.9 Å². The average molecular weight is 261 g/mol. The number of ether oxygens (including phenoxy) is 1. The van der Waals surface area contributed by atoms with Gasteiger partial charge in [0.15, 0.2) is 0 Å². The van der Waals surface area contributed by atoms with Crippen molar-refractivity contribution in [2.24, 2.45) is 0 Å². The second-order valence-electron chi connectivity index (χ2n) is 5.72. The molecule has 0 aliphatic carbocycles. The molecule has 1 aromatic rings. The van der Waals surface area contributed by atoms with Crippen LogP contribution in [0.15, 0.2) is 24.3 Å². The van der Waals surface area contributed by atoms with Crippen molar-refractivity contribution in [2.45, 2.75) is 39.3 Å². The van der Waals surface area contributed by atoms with Crippen LogP contribution in [0.25, 0.3) is 0 Å². The molecule has 0 aromatic heterocycles. The maximum absolute atomic E-state index is 12.1. The summed E-state index contributed by atoms with van der Waals surface area (Å²) in [5, 5.41) is 0. The van der Waals surface area contributed by atoms with Gasteiger partial charge in [-0.25, -0.2) is 0 Å². The molecule has 4 nitrogen and oxygen atoms in total. The predicted octanol–water partition coefficient (Wildman–Crippen LogP) is 2.37. The highest BCUT2D eigenvalue weighted by molar-refractivity contribution is 5.98. The number of fused-ring (bicyclic) bond motifs is 1. The zero-order valence-electron chi connectivity index (χ0n) is 11.6. The lowest BCUT2D eigenvalue weighted by molar-refractivity contribution is -0.155. The number of amides is 1. The van der Waals surface area contributed by atoms with Crippen LogP contribution in [0.5, 0.6) is 0 Å². The highest BCUT2D eigenvalue weighted by atomic mass is 16.6. The van der Waals surface area contributed by atoms with Crippen molar-refractivity contribution in [3.8, 4) is 0 Å². The Morgan fingerprint density at radius 2 is 2.00 bits per heavy atom. The topological polar surface area (TPSA) is 46.6 Å². The summed E-state index contributed by atoms with van der Waals surface area (Å²) in [6.45, 7) is 6.49. The second-order valence-corrected chi connectivity index (χ2v) is 5.72. The van der Waals surface area contributed by atoms with Crippen molar-refractivity contribution in [2.75, 3.05) is 6.54 Å². The van der Waals surface area contributed by atoms with E-state index in [0.717, 1.165) is 11.1 Å². The fraction of sp³-hybridized carbons (Fsp3) is 0.467. The standard InChI is InChI=1S/C15H19NO3/c1-15(2,3)19-13(17)8-9-16-10-11-6-4-5-7-12(11)14(16)18/h4-7H,8-10H2,1-3H3. The van der Waals surface area contributed by atoms with Gasteiger partial charge < -0.3 is 9.64 Å². The first-order chi connectivity index (χ1) is 8.87. The minimum atomic E-state index is -0.477. The summed E-state index contributed by atoms with van der Waals surface area (Å²) < 4.78 is 5.23. The zero-order chi connectivity index (χ0) is 14.0. The van der Waals surface area contributed by atoms with Crippen LogP contribution in [-0.4, -0.2) is 28.9 Å². The van der Waals surface area contributed by atoms with Gasteiger partial charge >= 0.3 is 5.97 Å². The number of rotatable bonds is 3. The molecule has 0 atom stereocenters. The Labute approximate surface area is 113 Å². The summed E-state index contributed by atoms with van der Waals surface area (Å²) >= 11 is 0. The van der Waals surface area contributed by atoms with Gasteiger partial charge in [0, 0.05) is 18.7 Å². The van der Waals surface area contributed by atoms with E-state index in [1.54, 1.807) is 4.90 Å². The van der Waals surface area contributed by atoms with Gasteiger partial charge in [0.05, 0.1) is 6.42 Å². The monoisotopic (exact) mass is 261 g/mol. The van der Waals surface area contributed by atoms with E-state index in [0.29, 0.717) is 13.1 Å². The fourth-order valence-corrected chi connectivity index (χ4v) is 2.11. The molecule has 1 aliphatic rings. The third kappa shape index (κ3) is 3.34. The first-order valence-corrected chi connectivity index (χ1v) is 6.46. The molecular formula is C15H19NO3. The van der Waals surface area contributed by atoms with E-state index in [1.807, 2.05) is 45.0 Å². The molecule has 0 spiro atoms. The lowest BCUT2D eigenvalue weighted by Crippen LogP contribution is -2.30. The van der Waals surface area contributed by atoms with Crippen molar-refractivity contribution in [1.29, 1.82) is 0 Å². The zero-order valence-corrected chi connectivity index (χ0v) is 11.6. The van der Waals surface area contributed by atoms with Crippen LogP contribution >= 0.6 is 0 Å². The minimum absolute atomic E-state index is 0.000779. The Bertz CT molecular complexity index is 502. The van der Waals surface area contributed by atoms with Crippen LogP contribution in [0.3, 0.4) is 0 Å². The maximum Gasteiger partial charge on any atom is 0.308 e. The van der Waals surface area contributed by atoms with Gasteiger partial charge in [-0.15, -0.1) is 0 Å². The van der Waals surface area contributed by atoms with Crippen LogP contribution in [0, 0.1) is 0 Å². The van der Waals surface area contributed by atoms with E-state index < -0.39 is 5.60 Å². The minimum Gasteiger partial charge on any atom is -0.460 e. The lowest BCUT2D eigenvalue weighted by Gasteiger charge is -2.21. The largest absolute Gasteiger partial charge is 0.460 e. The summed E-state index contributed by atoms with van der Waals surface area (Å²) in [4.78, 5) is 25.4. The van der Waals surface area contributed by atoms with Crippen molar-refractivity contribution in [1.82, 2.24) is 4.90 Å². The molecule has 1 aliphatic heterocycles. The van der Waals surface area contributed by atoms with Gasteiger partial charge in [0.25, 0.3) is 5.91 Å². The van der Waals surface area contributed by atoms with E-state index in [-0.39, 0.29) is 18.3 Å². The third-order valence-electron chi connectivity index (χ3n) is 2.90. The van der Waals surface area contributed by atoms with E-state index in [2.05, 4.69) is 0 Å². The molecule has 2 rings (SSSR count). The maximum atomic E-state index is 12.1. The van der Waals surface area contributed by atoms with E-state index >= 15 is 0 Å². The van der Waals surface area contributed by atoms with Gasteiger partial charge in [0.2, 0.25) is 0 Å². The molecule has 1 heterocycles. The Kier molecular flexibility index (Phi) is 3.60. The number of hydrogen-bond donors (Lipinski definition) is 0. The Morgan fingerprint density at radius 3 is 2.63 bits per heavy atom. The van der Waals surface area contributed by atoms with Crippen LogP contribution in [0.2, 0.25) is 0 Å². The van der Waals surface area contributed by atoms with E-state index in [9.17, 15) is 9.59 Å². The molecule has 0 saturated carbocycles. The fourth-order valence-electron chi connectivity index (χ4n) is 2.11. The summed E-state index contributed by atoms with van der Waals surface area (Å²) in [6, 6.07) is 7.55. The first-order valence-electron chi connectivity index (χ1n) is 6.46. The van der Waals surface area contributed by atoms with Crippen molar-refractivity contribution in [3.63, 3.8) is 0 Å². The van der Waals surface area contributed by atoms with Gasteiger partial charge in [-0.3, -0.25) is 9.59 Å². The average Bonchev–Trinajstić information content (AvgIpc) is 2.62. The van der Waals surface area contributed by atoms with Gasteiger partial charge in [-0.05, 0) is 32.4 Å². The molecule has 0 unspecified atom stereocenters. The molecular weight excluding hydrogens is 242 g/mol. The number of benzene rings is 1. The summed E-state index contributed by atoms with van der Waals surface area (Å²) in [5.41, 5.74) is 1.29. The highest BCUT2D eigenvalue weighted by Crippen LogP contribution is 2.22. The smallest absolute Gasteiger partial charge is 0.308 e. The number of carbonyl (C=O) groups excluding carboxylic acids is 2. The van der Waals surface area contributed by atoms with Gasteiger partial charge in [0.1, 0.15) is 5.60 Å². The molecule has 0 bridgehead atoms. The Morgan fingerprint density at radius 1 is 1.32 bits per heavy atom. The number of hydrogen-bond acceptors (Lipinski definition) is 3. The molecule has 4 heteroatoms. The summed E-state index contributed by atoms with van der Waals surface area (Å²) in [7, 11) is 0. The SMILES string of the molecule is CC(C)(C)OC(=O)CCN1Cc2ccccc2C1=O. The molecule has 0 radical (unpaired) electrons. The second kappa shape index (κ2) is 5.03. The third-order valence-corrected chi connectivity index (χ3v) is 2.90. The molecule has 102 valence electrons. The van der Waals surface area contributed by atoms with Gasteiger partial charge in [-0.2, -0.15) is 0 Å². The van der Waals surface area contributed by atoms with Crippen LogP contribution in [-0.2, 0) is 16.1 Å². The van der Waals surface area contributed by atoms with Crippen molar-refractivity contribution in [3.05, 3.63) is 35.4 Å². The predicted molar refractivity (Wildman–Crippen MR) is 71.6 cm³/mol. The molecule has 19 heavy (non-hydrogen) atoms. The quantitative estimate of drug-likeness (QED) is 0.785. The molecule has 0 fully saturated rings. The number of carbonyl (C=O) groups is 2. The van der Waals surface area contributed by atoms with Crippen LogP contribution in [0.1, 0.15) is 43.1 Å². The van der Waals surface area contributed by atoms with E-state index in [4.69, 9.17) is 4.74 Å². The van der Waals surface area contributed by atoms with Crippen LogP contribution < -0.4 is 0 Å². The molecule has 1 aromatic carbocycles. The summed E-state index contributed by atoms with van der Waals surface area (Å²) in [6.07, 6.45) is 0.233. The number of esters is 1. The Balaban J connectivity index is 1.90. The summed E-state index contributed by atoms with van der Waals surface area (Å²) in [5.74, 6) is -0.268. The van der Waals surface area contributed by atoms with Crippen LogP contribution in [0.4, 0.5) is 0 Å². The van der Waals surface area contributed by atoms with Crippen molar-refractivity contribution < 1.29 is 14.3 Å². The molecule has 0 saturated heterocycles. The highest BCUT2D eigenvalue weighted by Gasteiger charge is 2.27. The normalized spacial score (nSPS) is 14.5. The molecule has 1 amide bonds. The van der Waals surface area contributed by atoms with Gasteiger partial charge in [-0.1, -0.05) is 18.2 Å². The Hall–Kier alpha value is -1.84. The first kappa shape index (κ1) is 13.6. The van der Waals surface area contributed by atoms with E-state index in [1.165, 1.54) is 0 Å².